The van der Waals surface area contributed by atoms with Crippen LogP contribution >= 0.6 is 0 Å². The van der Waals surface area contributed by atoms with Crippen LogP contribution in [0.25, 0.3) is 16.7 Å². The van der Waals surface area contributed by atoms with Gasteiger partial charge in [-0.05, 0) is 60.0 Å². The molecule has 1 amide bonds. The van der Waals surface area contributed by atoms with Crippen molar-refractivity contribution in [3.05, 3.63) is 99.7 Å². The number of benzene rings is 2. The molecule has 1 N–H and O–H groups in total. The summed E-state index contributed by atoms with van der Waals surface area (Å²) in [7, 11) is 3.34. The van der Waals surface area contributed by atoms with Crippen molar-refractivity contribution in [3.63, 3.8) is 0 Å². The van der Waals surface area contributed by atoms with Crippen LogP contribution < -0.4 is 5.56 Å². The lowest BCUT2D eigenvalue weighted by molar-refractivity contribution is 0.0827. The van der Waals surface area contributed by atoms with Crippen LogP contribution in [0.5, 0.6) is 5.75 Å². The molecule has 7 heteroatoms. The summed E-state index contributed by atoms with van der Waals surface area (Å²) >= 11 is 0. The molecule has 0 aliphatic carbocycles. The van der Waals surface area contributed by atoms with Gasteiger partial charge in [0.25, 0.3) is 11.5 Å². The molecule has 0 radical (unpaired) electrons. The van der Waals surface area contributed by atoms with Gasteiger partial charge in [0, 0.05) is 37.6 Å². The van der Waals surface area contributed by atoms with Gasteiger partial charge in [0.2, 0.25) is 0 Å². The Morgan fingerprint density at radius 2 is 1.71 bits per heavy atom. The molecular weight excluding hydrogens is 397 g/mol. The monoisotopic (exact) mass is 417 g/mol. The van der Waals surface area contributed by atoms with Crippen molar-refractivity contribution >= 4 is 16.9 Å². The van der Waals surface area contributed by atoms with E-state index >= 15 is 0 Å². The normalized spacial score (nSPS) is 10.9. The summed E-state index contributed by atoms with van der Waals surface area (Å²) < 4.78 is 14.6. The molecule has 6 nitrogen and oxygen atoms in total. The average Bonchev–Trinajstić information content (AvgIpc) is 2.75. The lowest BCUT2D eigenvalue weighted by Gasteiger charge is -2.14. The molecule has 4 aromatic rings. The minimum absolute atomic E-state index is 0.141. The molecule has 156 valence electrons. The first-order valence-electron chi connectivity index (χ1n) is 9.63. The number of rotatable bonds is 4. The van der Waals surface area contributed by atoms with Gasteiger partial charge in [-0.25, -0.2) is 4.39 Å². The third-order valence-corrected chi connectivity index (χ3v) is 4.99. The van der Waals surface area contributed by atoms with Gasteiger partial charge in [0.05, 0.1) is 5.52 Å². The number of halogens is 1. The van der Waals surface area contributed by atoms with Crippen molar-refractivity contribution in [1.29, 1.82) is 0 Å². The van der Waals surface area contributed by atoms with Gasteiger partial charge >= 0.3 is 0 Å². The van der Waals surface area contributed by atoms with Crippen LogP contribution in [0.4, 0.5) is 4.39 Å². The van der Waals surface area contributed by atoms with Crippen LogP contribution in [0, 0.1) is 5.82 Å². The molecule has 0 bridgehead atoms. The molecule has 0 aliphatic heterocycles. The third-order valence-electron chi connectivity index (χ3n) is 4.99. The van der Waals surface area contributed by atoms with E-state index in [-0.39, 0.29) is 23.0 Å². The van der Waals surface area contributed by atoms with Gasteiger partial charge in [-0.2, -0.15) is 0 Å². The molecule has 0 spiro atoms. The second-order valence-electron chi connectivity index (χ2n) is 7.46. The quantitative estimate of drug-likeness (QED) is 0.551. The number of nitrogens with zero attached hydrogens (tertiary/aromatic N) is 3. The van der Waals surface area contributed by atoms with Gasteiger partial charge in [0.1, 0.15) is 17.1 Å². The number of hydrogen-bond acceptors (Lipinski definition) is 4. The summed E-state index contributed by atoms with van der Waals surface area (Å²) in [5, 5.41) is 10.2. The maximum absolute atomic E-state index is 13.2. The summed E-state index contributed by atoms with van der Waals surface area (Å²) in [6, 6.07) is 15.7. The largest absolute Gasteiger partial charge is 0.505 e. The second-order valence-corrected chi connectivity index (χ2v) is 7.46. The fraction of sp³-hybridized carbons (Fsp3) is 0.125. The number of aromatic nitrogens is 2. The summed E-state index contributed by atoms with van der Waals surface area (Å²) in [5.41, 5.74) is 3.05. The van der Waals surface area contributed by atoms with E-state index < -0.39 is 5.56 Å². The fourth-order valence-electron chi connectivity index (χ4n) is 3.44. The predicted molar refractivity (Wildman–Crippen MR) is 116 cm³/mol. The zero-order valence-electron chi connectivity index (χ0n) is 17.0. The number of carbonyl (C=O) groups is 1. The SMILES string of the molecule is CN(C)C(=O)c1ccc(-n2c(=O)cc(O)c3ncc(Cc4ccc(F)cc4)cc32)cc1. The lowest BCUT2D eigenvalue weighted by Crippen LogP contribution is -2.22. The van der Waals surface area contributed by atoms with E-state index in [9.17, 15) is 19.1 Å². The van der Waals surface area contributed by atoms with E-state index in [1.165, 1.54) is 21.6 Å². The highest BCUT2D eigenvalue weighted by Crippen LogP contribution is 2.24. The Labute approximate surface area is 177 Å². The molecular formula is C24H20FN3O3. The van der Waals surface area contributed by atoms with Crippen molar-refractivity contribution in [3.8, 4) is 11.4 Å². The highest BCUT2D eigenvalue weighted by atomic mass is 19.1. The van der Waals surface area contributed by atoms with E-state index in [0.717, 1.165) is 17.2 Å². The van der Waals surface area contributed by atoms with Crippen molar-refractivity contribution in [2.45, 2.75) is 6.42 Å². The molecule has 31 heavy (non-hydrogen) atoms. The van der Waals surface area contributed by atoms with E-state index in [1.807, 2.05) is 0 Å². The minimum atomic E-state index is -0.419. The van der Waals surface area contributed by atoms with Crippen molar-refractivity contribution in [1.82, 2.24) is 14.5 Å². The predicted octanol–water partition coefficient (Wildman–Crippen LogP) is 3.52. The first-order valence-corrected chi connectivity index (χ1v) is 9.63. The standard InChI is InChI=1S/C24H20FN3O3/c1-27(2)24(31)17-5-9-19(10-6-17)28-20-12-16(11-15-3-7-18(25)8-4-15)14-26-23(20)21(29)13-22(28)30/h3-10,12-14,29H,11H2,1-2H3. The van der Waals surface area contributed by atoms with Crippen LogP contribution in [-0.2, 0) is 6.42 Å². The topological polar surface area (TPSA) is 75.4 Å². The molecule has 2 aromatic heterocycles. The van der Waals surface area contributed by atoms with Crippen molar-refractivity contribution in [2.75, 3.05) is 14.1 Å². The molecule has 0 atom stereocenters. The van der Waals surface area contributed by atoms with Gasteiger partial charge < -0.3 is 10.0 Å². The molecule has 2 aromatic carbocycles. The Balaban J connectivity index is 1.81. The number of fused-ring (bicyclic) bond motifs is 1. The number of pyridine rings is 2. The molecule has 2 heterocycles. The van der Waals surface area contributed by atoms with Crippen molar-refractivity contribution in [2.24, 2.45) is 0 Å². The summed E-state index contributed by atoms with van der Waals surface area (Å²) in [5.74, 6) is -0.656. The summed E-state index contributed by atoms with van der Waals surface area (Å²) in [6.07, 6.45) is 2.11. The first-order chi connectivity index (χ1) is 14.8. The number of hydrogen-bond donors (Lipinski definition) is 1. The Bertz CT molecular complexity index is 1330. The Morgan fingerprint density at radius 3 is 2.35 bits per heavy atom. The highest BCUT2D eigenvalue weighted by Gasteiger charge is 2.14. The van der Waals surface area contributed by atoms with Crippen LogP contribution in [0.15, 0.2) is 71.7 Å². The van der Waals surface area contributed by atoms with Gasteiger partial charge in [-0.3, -0.25) is 19.1 Å². The van der Waals surface area contributed by atoms with E-state index in [2.05, 4.69) is 4.98 Å². The van der Waals surface area contributed by atoms with Crippen LogP contribution in [0.3, 0.4) is 0 Å². The summed E-state index contributed by atoms with van der Waals surface area (Å²) in [6.45, 7) is 0. The second kappa shape index (κ2) is 8.02. The van der Waals surface area contributed by atoms with Crippen LogP contribution in [-0.4, -0.2) is 39.6 Å². The van der Waals surface area contributed by atoms with Gasteiger partial charge in [0.15, 0.2) is 0 Å². The first kappa shape index (κ1) is 20.3. The zero-order chi connectivity index (χ0) is 22.1. The minimum Gasteiger partial charge on any atom is -0.505 e. The van der Waals surface area contributed by atoms with E-state index in [1.54, 1.807) is 62.8 Å². The van der Waals surface area contributed by atoms with E-state index in [4.69, 9.17) is 0 Å². The zero-order valence-corrected chi connectivity index (χ0v) is 17.0. The number of carbonyl (C=O) groups excluding carboxylic acids is 1. The Hall–Kier alpha value is -4.00. The maximum atomic E-state index is 13.2. The molecule has 0 saturated carbocycles. The lowest BCUT2D eigenvalue weighted by atomic mass is 10.1. The molecule has 4 rings (SSSR count). The number of aromatic hydroxyl groups is 1. The molecule has 0 aliphatic rings. The third kappa shape index (κ3) is 4.02. The maximum Gasteiger partial charge on any atom is 0.259 e. The van der Waals surface area contributed by atoms with Crippen LogP contribution in [0.1, 0.15) is 21.5 Å². The Morgan fingerprint density at radius 1 is 1.03 bits per heavy atom. The molecule has 0 fully saturated rings. The summed E-state index contributed by atoms with van der Waals surface area (Å²) in [4.78, 5) is 30.7. The molecule has 0 unspecified atom stereocenters. The average molecular weight is 417 g/mol. The number of amides is 1. The van der Waals surface area contributed by atoms with Crippen molar-refractivity contribution < 1.29 is 14.3 Å². The van der Waals surface area contributed by atoms with Gasteiger partial charge in [-0.15, -0.1) is 0 Å². The fourth-order valence-corrected chi connectivity index (χ4v) is 3.44. The molecule has 0 saturated heterocycles. The van der Waals surface area contributed by atoms with Crippen LogP contribution in [0.2, 0.25) is 0 Å². The highest BCUT2D eigenvalue weighted by molar-refractivity contribution is 5.94. The Kier molecular flexibility index (Phi) is 5.25. The van der Waals surface area contributed by atoms with Gasteiger partial charge in [-0.1, -0.05) is 12.1 Å². The smallest absolute Gasteiger partial charge is 0.259 e. The van der Waals surface area contributed by atoms with E-state index in [0.29, 0.717) is 23.2 Å².